The molecule has 0 bridgehead atoms. The van der Waals surface area contributed by atoms with E-state index < -0.39 is 5.97 Å². The van der Waals surface area contributed by atoms with Gasteiger partial charge in [-0.1, -0.05) is 24.3 Å². The van der Waals surface area contributed by atoms with Crippen LogP contribution in [-0.2, 0) is 0 Å². The highest BCUT2D eigenvalue weighted by Gasteiger charge is 2.20. The Labute approximate surface area is 111 Å². The van der Waals surface area contributed by atoms with Crippen LogP contribution < -0.4 is 4.90 Å². The van der Waals surface area contributed by atoms with Crippen molar-refractivity contribution in [3.8, 4) is 0 Å². The summed E-state index contributed by atoms with van der Waals surface area (Å²) in [5.74, 6) is -1.07. The molecule has 0 unspecified atom stereocenters. The van der Waals surface area contributed by atoms with Crippen LogP contribution in [0.3, 0.4) is 0 Å². The van der Waals surface area contributed by atoms with E-state index >= 15 is 0 Å². The first-order valence-corrected chi connectivity index (χ1v) is 6.03. The largest absolute Gasteiger partial charge is 0.476 e. The van der Waals surface area contributed by atoms with Gasteiger partial charge in [-0.25, -0.2) is 4.79 Å². The first-order valence-electron chi connectivity index (χ1n) is 6.03. The summed E-state index contributed by atoms with van der Waals surface area (Å²) in [5.41, 5.74) is 1.26. The normalized spacial score (nSPS) is 10.4. The van der Waals surface area contributed by atoms with Crippen LogP contribution in [0.2, 0.25) is 0 Å². The maximum absolute atomic E-state index is 11.3. The highest BCUT2D eigenvalue weighted by molar-refractivity contribution is 6.02. The Balaban J connectivity index is 2.74. The topological polar surface area (TPSA) is 66.3 Å². The number of aromatic nitrogens is 2. The number of hydrogen-bond donors (Lipinski definition) is 1. The molecule has 1 aromatic heterocycles. The monoisotopic (exact) mass is 257 g/mol. The van der Waals surface area contributed by atoms with E-state index in [1.165, 1.54) is 0 Å². The minimum atomic E-state index is -1.07. The second kappa shape index (κ2) is 5.48. The lowest BCUT2D eigenvalue weighted by Gasteiger charge is -2.23. The molecule has 1 aromatic carbocycles. The fourth-order valence-electron chi connectivity index (χ4n) is 2.04. The summed E-state index contributed by atoms with van der Waals surface area (Å²) in [6.45, 7) is 6.90. The van der Waals surface area contributed by atoms with Gasteiger partial charge in [-0.05, 0) is 13.0 Å². The van der Waals surface area contributed by atoms with E-state index in [1.807, 2.05) is 36.1 Å². The fourth-order valence-corrected chi connectivity index (χ4v) is 2.04. The summed E-state index contributed by atoms with van der Waals surface area (Å²) in [5, 5.41) is 17.9. The van der Waals surface area contributed by atoms with Gasteiger partial charge < -0.3 is 10.0 Å². The molecule has 0 amide bonds. The second-order valence-electron chi connectivity index (χ2n) is 4.05. The Bertz CT molecular complexity index is 625. The molecule has 19 heavy (non-hydrogen) atoms. The number of benzene rings is 1. The van der Waals surface area contributed by atoms with E-state index in [9.17, 15) is 9.90 Å². The van der Waals surface area contributed by atoms with E-state index in [4.69, 9.17) is 0 Å². The van der Waals surface area contributed by atoms with Gasteiger partial charge in [-0.15, -0.1) is 16.8 Å². The summed E-state index contributed by atoms with van der Waals surface area (Å²) in [6, 6.07) is 7.39. The zero-order valence-corrected chi connectivity index (χ0v) is 10.7. The third kappa shape index (κ3) is 2.40. The molecule has 1 N–H and O–H groups in total. The van der Waals surface area contributed by atoms with Gasteiger partial charge in [0.25, 0.3) is 0 Å². The zero-order chi connectivity index (χ0) is 13.8. The van der Waals surface area contributed by atoms with E-state index in [1.54, 1.807) is 6.08 Å². The van der Waals surface area contributed by atoms with Crippen LogP contribution in [0.1, 0.15) is 17.4 Å². The molecule has 5 nitrogen and oxygen atoms in total. The summed E-state index contributed by atoms with van der Waals surface area (Å²) in [4.78, 5) is 13.3. The molecule has 2 rings (SSSR count). The Morgan fingerprint density at radius 3 is 2.79 bits per heavy atom. The number of fused-ring (bicyclic) bond motifs is 1. The number of hydrogen-bond acceptors (Lipinski definition) is 4. The smallest absolute Gasteiger partial charge is 0.358 e. The minimum absolute atomic E-state index is 0.0256. The van der Waals surface area contributed by atoms with E-state index in [0.717, 1.165) is 5.39 Å². The van der Waals surface area contributed by atoms with Crippen molar-refractivity contribution < 1.29 is 9.90 Å². The lowest BCUT2D eigenvalue weighted by atomic mass is 10.1. The molecule has 1 heterocycles. The Morgan fingerprint density at radius 2 is 2.16 bits per heavy atom. The van der Waals surface area contributed by atoms with Gasteiger partial charge in [0.15, 0.2) is 5.69 Å². The maximum atomic E-state index is 11.3. The van der Waals surface area contributed by atoms with Crippen molar-refractivity contribution in [2.24, 2.45) is 0 Å². The van der Waals surface area contributed by atoms with Crippen LogP contribution in [-0.4, -0.2) is 34.4 Å². The molecule has 0 spiro atoms. The number of carbonyl (C=O) groups is 1. The number of rotatable bonds is 5. The number of anilines is 1. The lowest BCUT2D eigenvalue weighted by molar-refractivity contribution is 0.0690. The van der Waals surface area contributed by atoms with Crippen molar-refractivity contribution in [3.63, 3.8) is 0 Å². The third-order valence-electron chi connectivity index (χ3n) is 2.89. The van der Waals surface area contributed by atoms with Gasteiger partial charge in [0, 0.05) is 18.5 Å². The molecule has 0 saturated carbocycles. The molecule has 98 valence electrons. The van der Waals surface area contributed by atoms with Crippen molar-refractivity contribution in [2.45, 2.75) is 6.92 Å². The van der Waals surface area contributed by atoms with Crippen molar-refractivity contribution in [1.82, 2.24) is 10.2 Å². The lowest BCUT2D eigenvalue weighted by Crippen LogP contribution is -2.26. The standard InChI is InChI=1S/C14H15N3O2/c1-3-9-17(4-2)13-10-7-5-6-8-11(10)15-16-12(13)14(18)19/h3,5-8H,1,4,9H2,2H3,(H,18,19). The predicted molar refractivity (Wildman–Crippen MR) is 74.6 cm³/mol. The molecule has 0 aliphatic rings. The Morgan fingerprint density at radius 1 is 1.42 bits per heavy atom. The molecule has 0 fully saturated rings. The summed E-state index contributed by atoms with van der Waals surface area (Å²) in [7, 11) is 0. The Hall–Kier alpha value is -2.43. The van der Waals surface area contributed by atoms with Gasteiger partial charge in [-0.3, -0.25) is 0 Å². The summed E-state index contributed by atoms with van der Waals surface area (Å²) < 4.78 is 0. The molecule has 0 radical (unpaired) electrons. The van der Waals surface area contributed by atoms with Crippen molar-refractivity contribution >= 4 is 22.6 Å². The van der Waals surface area contributed by atoms with Gasteiger partial charge in [0.05, 0.1) is 11.2 Å². The van der Waals surface area contributed by atoms with Crippen molar-refractivity contribution in [2.75, 3.05) is 18.0 Å². The average Bonchev–Trinajstić information content (AvgIpc) is 2.43. The SMILES string of the molecule is C=CCN(CC)c1c(C(=O)O)nnc2ccccc12. The zero-order valence-electron chi connectivity index (χ0n) is 10.7. The van der Waals surface area contributed by atoms with Crippen LogP contribution in [0.5, 0.6) is 0 Å². The van der Waals surface area contributed by atoms with Crippen molar-refractivity contribution in [3.05, 3.63) is 42.6 Å². The molecule has 0 aliphatic carbocycles. The highest BCUT2D eigenvalue weighted by atomic mass is 16.4. The van der Waals surface area contributed by atoms with E-state index in [2.05, 4.69) is 16.8 Å². The fraction of sp³-hybridized carbons (Fsp3) is 0.214. The number of nitrogens with zero attached hydrogens (tertiary/aromatic N) is 3. The summed E-state index contributed by atoms with van der Waals surface area (Å²) >= 11 is 0. The van der Waals surface area contributed by atoms with Gasteiger partial charge in [0.1, 0.15) is 0 Å². The highest BCUT2D eigenvalue weighted by Crippen LogP contribution is 2.28. The van der Waals surface area contributed by atoms with Crippen LogP contribution in [0.25, 0.3) is 10.9 Å². The van der Waals surface area contributed by atoms with Crippen LogP contribution in [0.15, 0.2) is 36.9 Å². The predicted octanol–water partition coefficient (Wildman–Crippen LogP) is 2.34. The molecule has 0 atom stereocenters. The number of aromatic carboxylic acids is 1. The molecular weight excluding hydrogens is 242 g/mol. The quantitative estimate of drug-likeness (QED) is 0.833. The van der Waals surface area contributed by atoms with Crippen LogP contribution in [0.4, 0.5) is 5.69 Å². The van der Waals surface area contributed by atoms with Gasteiger partial charge in [-0.2, -0.15) is 0 Å². The molecule has 2 aromatic rings. The number of carboxylic acids is 1. The second-order valence-corrected chi connectivity index (χ2v) is 4.05. The van der Waals surface area contributed by atoms with Crippen molar-refractivity contribution in [1.29, 1.82) is 0 Å². The molecule has 0 saturated heterocycles. The van der Waals surface area contributed by atoms with Gasteiger partial charge >= 0.3 is 5.97 Å². The van der Waals surface area contributed by atoms with Crippen LogP contribution in [0, 0.1) is 0 Å². The molecule has 5 heteroatoms. The number of carboxylic acid groups (broad SMARTS) is 1. The first-order chi connectivity index (χ1) is 9.19. The Kier molecular flexibility index (Phi) is 3.75. The van der Waals surface area contributed by atoms with Gasteiger partial charge in [0.2, 0.25) is 0 Å². The summed E-state index contributed by atoms with van der Waals surface area (Å²) in [6.07, 6.45) is 1.74. The molecular formula is C14H15N3O2. The minimum Gasteiger partial charge on any atom is -0.476 e. The molecule has 0 aliphatic heterocycles. The van der Waals surface area contributed by atoms with Crippen LogP contribution >= 0.6 is 0 Å². The average molecular weight is 257 g/mol. The van der Waals surface area contributed by atoms with E-state index in [0.29, 0.717) is 24.3 Å². The first kappa shape index (κ1) is 13.0. The maximum Gasteiger partial charge on any atom is 0.358 e. The van der Waals surface area contributed by atoms with E-state index in [-0.39, 0.29) is 5.69 Å². The third-order valence-corrected chi connectivity index (χ3v) is 2.89. The number of likely N-dealkylation sites (N-methyl/N-ethyl adjacent to an activating group) is 1.